The van der Waals surface area contributed by atoms with Crippen molar-refractivity contribution in [2.45, 2.75) is 30.8 Å². The summed E-state index contributed by atoms with van der Waals surface area (Å²) in [4.78, 5) is 18.9. The lowest BCUT2D eigenvalue weighted by Gasteiger charge is -2.32. The number of hydrogen-bond donors (Lipinski definition) is 0. The Bertz CT molecular complexity index is 917. The summed E-state index contributed by atoms with van der Waals surface area (Å²) in [5.74, 6) is 0.650. The van der Waals surface area contributed by atoms with Crippen molar-refractivity contribution in [3.8, 4) is 5.75 Å². The number of hydrogen-bond acceptors (Lipinski definition) is 5. The fourth-order valence-electron chi connectivity index (χ4n) is 3.06. The van der Waals surface area contributed by atoms with Gasteiger partial charge in [-0.2, -0.15) is 0 Å². The normalized spacial score (nSPS) is 15.6. The third kappa shape index (κ3) is 4.51. The smallest absolute Gasteiger partial charge is 0.253 e. The van der Waals surface area contributed by atoms with Crippen molar-refractivity contribution in [1.29, 1.82) is 0 Å². The number of ether oxygens (including phenoxy) is 1. The maximum absolute atomic E-state index is 12.7. The zero-order valence-electron chi connectivity index (χ0n) is 16.3. The Hall–Kier alpha value is -2.45. The van der Waals surface area contributed by atoms with E-state index < -0.39 is 10.0 Å². The van der Waals surface area contributed by atoms with Gasteiger partial charge in [0.2, 0.25) is 10.0 Å². The predicted molar refractivity (Wildman–Crippen MR) is 106 cm³/mol. The molecule has 150 valence electrons. The van der Waals surface area contributed by atoms with Crippen LogP contribution in [0.5, 0.6) is 5.75 Å². The molecular weight excluding hydrogens is 378 g/mol. The lowest BCUT2D eigenvalue weighted by molar-refractivity contribution is 0.0595. The molecule has 0 unspecified atom stereocenters. The second kappa shape index (κ2) is 8.28. The highest BCUT2D eigenvalue weighted by molar-refractivity contribution is 7.89. The van der Waals surface area contributed by atoms with E-state index in [1.165, 1.54) is 26.2 Å². The molecule has 0 atom stereocenters. The number of aromatic nitrogens is 1. The van der Waals surface area contributed by atoms with E-state index in [2.05, 4.69) is 4.98 Å². The highest BCUT2D eigenvalue weighted by atomic mass is 32.2. The van der Waals surface area contributed by atoms with E-state index >= 15 is 0 Å². The van der Waals surface area contributed by atoms with Crippen molar-refractivity contribution >= 4 is 15.9 Å². The molecule has 0 N–H and O–H groups in total. The van der Waals surface area contributed by atoms with E-state index in [0.29, 0.717) is 18.7 Å². The van der Waals surface area contributed by atoms with Gasteiger partial charge >= 0.3 is 0 Å². The fraction of sp³-hybridized carbons (Fsp3) is 0.400. The van der Waals surface area contributed by atoms with Gasteiger partial charge in [0.05, 0.1) is 11.1 Å². The third-order valence-electron chi connectivity index (χ3n) is 4.80. The number of carbonyl (C=O) groups is 1. The number of piperidine rings is 1. The van der Waals surface area contributed by atoms with Crippen molar-refractivity contribution in [3.05, 3.63) is 53.9 Å². The highest BCUT2D eigenvalue weighted by Crippen LogP contribution is 2.21. The molecule has 1 aromatic heterocycles. The first-order valence-corrected chi connectivity index (χ1v) is 10.6. The molecule has 1 aromatic carbocycles. The van der Waals surface area contributed by atoms with Gasteiger partial charge in [0.15, 0.2) is 0 Å². The van der Waals surface area contributed by atoms with E-state index in [-0.39, 0.29) is 16.9 Å². The first-order chi connectivity index (χ1) is 13.3. The number of aryl methyl sites for hydroxylation is 1. The van der Waals surface area contributed by atoms with Gasteiger partial charge in [-0.05, 0) is 43.3 Å². The number of rotatable bonds is 5. The van der Waals surface area contributed by atoms with E-state index in [0.717, 1.165) is 28.6 Å². The molecule has 2 aromatic rings. The van der Waals surface area contributed by atoms with Gasteiger partial charge in [0.1, 0.15) is 11.9 Å². The fourth-order valence-corrected chi connectivity index (χ4v) is 3.96. The molecule has 0 saturated carbocycles. The second-order valence-electron chi connectivity index (χ2n) is 7.06. The number of sulfonamides is 1. The summed E-state index contributed by atoms with van der Waals surface area (Å²) >= 11 is 0. The van der Waals surface area contributed by atoms with Crippen molar-refractivity contribution in [1.82, 2.24) is 14.2 Å². The summed E-state index contributed by atoms with van der Waals surface area (Å²) in [5.41, 5.74) is 1.43. The lowest BCUT2D eigenvalue weighted by Crippen LogP contribution is -2.41. The number of carbonyl (C=O) groups excluding carboxylic acids is 1. The van der Waals surface area contributed by atoms with Crippen LogP contribution < -0.4 is 4.74 Å². The molecule has 1 amide bonds. The van der Waals surface area contributed by atoms with E-state index in [4.69, 9.17) is 4.74 Å². The molecule has 0 radical (unpaired) electrons. The molecule has 28 heavy (non-hydrogen) atoms. The summed E-state index contributed by atoms with van der Waals surface area (Å²) in [5, 5.41) is 0. The quantitative estimate of drug-likeness (QED) is 0.765. The number of benzene rings is 1. The van der Waals surface area contributed by atoms with Gasteiger partial charge in [0.25, 0.3) is 5.91 Å². The number of pyridine rings is 1. The number of nitrogens with zero attached hydrogens (tertiary/aromatic N) is 3. The Labute approximate surface area is 166 Å². The first kappa shape index (κ1) is 20.3. The highest BCUT2D eigenvalue weighted by Gasteiger charge is 2.25. The molecule has 2 heterocycles. The van der Waals surface area contributed by atoms with Crippen LogP contribution in [0.25, 0.3) is 0 Å². The minimum absolute atomic E-state index is 0.0566. The zero-order chi connectivity index (χ0) is 20.3. The van der Waals surface area contributed by atoms with Gasteiger partial charge in [0, 0.05) is 51.3 Å². The summed E-state index contributed by atoms with van der Waals surface area (Å²) in [7, 11) is -0.538. The van der Waals surface area contributed by atoms with Gasteiger partial charge in [-0.25, -0.2) is 12.7 Å². The summed E-state index contributed by atoms with van der Waals surface area (Å²) in [6, 6.07) is 9.90. The molecular formula is C20H25N3O4S. The molecule has 1 aliphatic heterocycles. The van der Waals surface area contributed by atoms with Crippen LogP contribution in [-0.4, -0.2) is 61.8 Å². The van der Waals surface area contributed by atoms with Gasteiger partial charge < -0.3 is 9.64 Å². The molecule has 8 heteroatoms. The van der Waals surface area contributed by atoms with Crippen LogP contribution in [0.1, 0.15) is 28.9 Å². The Morgan fingerprint density at radius 3 is 2.29 bits per heavy atom. The van der Waals surface area contributed by atoms with Crippen LogP contribution in [-0.2, 0) is 10.0 Å². The molecule has 1 fully saturated rings. The average Bonchev–Trinajstić information content (AvgIpc) is 2.70. The van der Waals surface area contributed by atoms with Crippen LogP contribution >= 0.6 is 0 Å². The van der Waals surface area contributed by atoms with Crippen LogP contribution in [0, 0.1) is 6.92 Å². The predicted octanol–water partition coefficient (Wildman–Crippen LogP) is 2.32. The van der Waals surface area contributed by atoms with Crippen LogP contribution in [0.3, 0.4) is 0 Å². The Morgan fingerprint density at radius 1 is 1.11 bits per heavy atom. The van der Waals surface area contributed by atoms with Crippen molar-refractivity contribution in [3.63, 3.8) is 0 Å². The third-order valence-corrected chi connectivity index (χ3v) is 6.63. The maximum Gasteiger partial charge on any atom is 0.253 e. The van der Waals surface area contributed by atoms with Crippen molar-refractivity contribution < 1.29 is 17.9 Å². The largest absolute Gasteiger partial charge is 0.489 e. The molecule has 3 rings (SSSR count). The molecule has 0 spiro atoms. The molecule has 0 bridgehead atoms. The lowest BCUT2D eigenvalue weighted by atomic mass is 10.1. The van der Waals surface area contributed by atoms with Gasteiger partial charge in [-0.1, -0.05) is 0 Å². The van der Waals surface area contributed by atoms with Crippen molar-refractivity contribution in [2.24, 2.45) is 0 Å². The van der Waals surface area contributed by atoms with Gasteiger partial charge in [-0.15, -0.1) is 0 Å². The minimum Gasteiger partial charge on any atom is -0.489 e. The molecule has 1 aliphatic rings. The first-order valence-electron chi connectivity index (χ1n) is 9.18. The number of likely N-dealkylation sites (tertiary alicyclic amines) is 1. The summed E-state index contributed by atoms with van der Waals surface area (Å²) in [6.07, 6.45) is 3.26. The molecule has 1 saturated heterocycles. The van der Waals surface area contributed by atoms with E-state index in [1.807, 2.05) is 19.1 Å². The van der Waals surface area contributed by atoms with Crippen molar-refractivity contribution in [2.75, 3.05) is 27.2 Å². The minimum atomic E-state index is -3.50. The SMILES string of the molecule is Cc1ccc(OC2CCN(C(=O)c3ccc(S(=O)(=O)N(C)C)cc3)CC2)cn1. The summed E-state index contributed by atoms with van der Waals surface area (Å²) < 4.78 is 31.4. The Morgan fingerprint density at radius 2 is 1.75 bits per heavy atom. The standard InChI is InChI=1S/C20H25N3O4S/c1-15-4-7-18(14-21-15)27-17-10-12-23(13-11-17)20(24)16-5-8-19(9-6-16)28(25,26)22(2)3/h4-9,14,17H,10-13H2,1-3H3. The average molecular weight is 404 g/mol. The monoisotopic (exact) mass is 403 g/mol. The second-order valence-corrected chi connectivity index (χ2v) is 9.21. The van der Waals surface area contributed by atoms with Crippen LogP contribution in [0.2, 0.25) is 0 Å². The van der Waals surface area contributed by atoms with Crippen LogP contribution in [0.4, 0.5) is 0 Å². The molecule has 0 aliphatic carbocycles. The molecule has 7 nitrogen and oxygen atoms in total. The maximum atomic E-state index is 12.7. The van der Waals surface area contributed by atoms with E-state index in [9.17, 15) is 13.2 Å². The van der Waals surface area contributed by atoms with E-state index in [1.54, 1.807) is 23.2 Å². The topological polar surface area (TPSA) is 79.8 Å². The van der Waals surface area contributed by atoms with Gasteiger partial charge in [-0.3, -0.25) is 9.78 Å². The Balaban J connectivity index is 1.58. The zero-order valence-corrected chi connectivity index (χ0v) is 17.1. The summed E-state index contributed by atoms with van der Waals surface area (Å²) in [6.45, 7) is 3.12. The number of amides is 1. The van der Waals surface area contributed by atoms with Crippen LogP contribution in [0.15, 0.2) is 47.5 Å². The Kier molecular flexibility index (Phi) is 6.00.